The summed E-state index contributed by atoms with van der Waals surface area (Å²) in [6, 6.07) is 9.90. The van der Waals surface area contributed by atoms with Crippen LogP contribution >= 0.6 is 0 Å². The van der Waals surface area contributed by atoms with Crippen LogP contribution in [0.25, 0.3) is 11.4 Å². The van der Waals surface area contributed by atoms with Crippen molar-refractivity contribution in [3.8, 4) is 11.4 Å². The van der Waals surface area contributed by atoms with Crippen LogP contribution in [0.3, 0.4) is 0 Å². The Morgan fingerprint density at radius 1 is 1.16 bits per heavy atom. The number of piperazine rings is 1. The number of aromatic nitrogens is 3. The molecule has 7 nitrogen and oxygen atoms in total. The lowest BCUT2D eigenvalue weighted by atomic mass is 10.1. The monoisotopic (exact) mass is 425 g/mol. The van der Waals surface area contributed by atoms with Gasteiger partial charge in [-0.05, 0) is 44.5 Å². The first-order chi connectivity index (χ1) is 14.8. The zero-order valence-electron chi connectivity index (χ0n) is 17.1. The van der Waals surface area contributed by atoms with Crippen molar-refractivity contribution in [2.24, 2.45) is 0 Å². The SMILES string of the molecule is CC(C)(F)c1nc(-c2ccc(N3CC4CC3CN4C(=O)c3ccccc3F)nc2)no1. The number of halogens is 2. The Hall–Kier alpha value is -3.36. The second-order valence-electron chi connectivity index (χ2n) is 8.43. The third kappa shape index (κ3) is 3.43. The molecule has 5 rings (SSSR count). The number of nitrogens with zero attached hydrogens (tertiary/aromatic N) is 5. The lowest BCUT2D eigenvalue weighted by molar-refractivity contribution is 0.0720. The smallest absolute Gasteiger partial charge is 0.264 e. The zero-order chi connectivity index (χ0) is 21.8. The second-order valence-corrected chi connectivity index (χ2v) is 8.43. The number of likely N-dealkylation sites (tertiary alicyclic amines) is 1. The quantitative estimate of drug-likeness (QED) is 0.636. The van der Waals surface area contributed by atoms with E-state index in [1.807, 2.05) is 12.1 Å². The van der Waals surface area contributed by atoms with Gasteiger partial charge in [-0.15, -0.1) is 0 Å². The van der Waals surface area contributed by atoms with Gasteiger partial charge in [0.2, 0.25) is 5.82 Å². The Labute approximate surface area is 177 Å². The molecule has 9 heteroatoms. The standard InChI is InChI=1S/C22H21F2N5O2/c1-22(2,24)21-26-19(27-31-21)13-7-8-18(25-10-13)28-11-15-9-14(28)12-29(15)20(30)16-5-3-4-6-17(16)23/h3-8,10,14-15H,9,11-12H2,1-2H3. The van der Waals surface area contributed by atoms with Gasteiger partial charge >= 0.3 is 0 Å². The minimum atomic E-state index is -1.71. The molecule has 0 saturated carbocycles. The summed E-state index contributed by atoms with van der Waals surface area (Å²) in [5.41, 5.74) is -0.969. The van der Waals surface area contributed by atoms with E-state index in [1.165, 1.54) is 26.0 Å². The number of amides is 1. The molecule has 2 atom stereocenters. The molecule has 31 heavy (non-hydrogen) atoms. The average molecular weight is 425 g/mol. The van der Waals surface area contributed by atoms with Crippen molar-refractivity contribution in [3.05, 3.63) is 59.9 Å². The van der Waals surface area contributed by atoms with Crippen LogP contribution in [0.1, 0.15) is 36.5 Å². The number of carbonyl (C=O) groups excluding carboxylic acids is 1. The highest BCUT2D eigenvalue weighted by Crippen LogP contribution is 2.35. The van der Waals surface area contributed by atoms with Crippen LogP contribution in [0.2, 0.25) is 0 Å². The molecule has 160 valence electrons. The molecule has 2 bridgehead atoms. The van der Waals surface area contributed by atoms with Gasteiger partial charge in [-0.3, -0.25) is 4.79 Å². The third-order valence-corrected chi connectivity index (χ3v) is 5.84. The summed E-state index contributed by atoms with van der Waals surface area (Å²) in [4.78, 5) is 25.3. The fraction of sp³-hybridized carbons (Fsp3) is 0.364. The second kappa shape index (κ2) is 7.11. The van der Waals surface area contributed by atoms with E-state index in [-0.39, 0.29) is 35.3 Å². The highest BCUT2D eigenvalue weighted by atomic mass is 19.1. The van der Waals surface area contributed by atoms with Crippen molar-refractivity contribution in [3.63, 3.8) is 0 Å². The van der Waals surface area contributed by atoms with Crippen LogP contribution in [-0.2, 0) is 5.67 Å². The van der Waals surface area contributed by atoms with Crippen LogP contribution < -0.4 is 4.90 Å². The molecule has 2 aliphatic rings. The number of pyridine rings is 1. The van der Waals surface area contributed by atoms with Gasteiger partial charge in [-0.2, -0.15) is 4.98 Å². The summed E-state index contributed by atoms with van der Waals surface area (Å²) in [6.07, 6.45) is 2.45. The molecular weight excluding hydrogens is 404 g/mol. The van der Waals surface area contributed by atoms with Crippen LogP contribution in [0.15, 0.2) is 47.1 Å². The normalized spacial score (nSPS) is 20.5. The molecule has 4 heterocycles. The van der Waals surface area contributed by atoms with Crippen LogP contribution in [-0.4, -0.2) is 51.1 Å². The molecule has 2 fully saturated rings. The summed E-state index contributed by atoms with van der Waals surface area (Å²) in [7, 11) is 0. The lowest BCUT2D eigenvalue weighted by Crippen LogP contribution is -2.49. The van der Waals surface area contributed by atoms with Gasteiger partial charge in [0.1, 0.15) is 11.6 Å². The van der Waals surface area contributed by atoms with E-state index < -0.39 is 11.5 Å². The predicted octanol–water partition coefficient (Wildman–Crippen LogP) is 3.58. The molecule has 0 aliphatic carbocycles. The van der Waals surface area contributed by atoms with E-state index in [4.69, 9.17) is 4.52 Å². The van der Waals surface area contributed by atoms with Crippen molar-refractivity contribution >= 4 is 11.7 Å². The predicted molar refractivity (Wildman–Crippen MR) is 109 cm³/mol. The molecule has 0 radical (unpaired) electrons. The maximum atomic E-state index is 14.0. The number of carbonyl (C=O) groups is 1. The number of alkyl halides is 1. The van der Waals surface area contributed by atoms with E-state index in [1.54, 1.807) is 23.2 Å². The minimum absolute atomic E-state index is 0.0186. The molecule has 2 aromatic heterocycles. The average Bonchev–Trinajstić information content (AvgIpc) is 3.49. The van der Waals surface area contributed by atoms with E-state index in [9.17, 15) is 13.6 Å². The van der Waals surface area contributed by atoms with Crippen LogP contribution in [0, 0.1) is 5.82 Å². The van der Waals surface area contributed by atoms with Gasteiger partial charge in [-0.25, -0.2) is 13.8 Å². The van der Waals surface area contributed by atoms with E-state index >= 15 is 0 Å². The van der Waals surface area contributed by atoms with Gasteiger partial charge in [0.05, 0.1) is 17.6 Å². The van der Waals surface area contributed by atoms with Gasteiger partial charge in [0, 0.05) is 24.8 Å². The summed E-state index contributed by atoms with van der Waals surface area (Å²) < 4.78 is 33.0. The highest BCUT2D eigenvalue weighted by Gasteiger charge is 2.46. The summed E-state index contributed by atoms with van der Waals surface area (Å²) in [6.45, 7) is 3.88. The van der Waals surface area contributed by atoms with Gasteiger partial charge < -0.3 is 14.3 Å². The molecule has 2 aliphatic heterocycles. The first kappa shape index (κ1) is 19.6. The molecule has 1 amide bonds. The van der Waals surface area contributed by atoms with Crippen molar-refractivity contribution in [2.45, 2.75) is 38.0 Å². The third-order valence-electron chi connectivity index (χ3n) is 5.84. The lowest BCUT2D eigenvalue weighted by Gasteiger charge is -2.35. The Morgan fingerprint density at radius 3 is 2.58 bits per heavy atom. The molecular formula is C22H21F2N5O2. The maximum Gasteiger partial charge on any atom is 0.264 e. The van der Waals surface area contributed by atoms with Crippen molar-refractivity contribution in [1.82, 2.24) is 20.0 Å². The number of fused-ring (bicyclic) bond motifs is 2. The van der Waals surface area contributed by atoms with Crippen molar-refractivity contribution < 1.29 is 18.1 Å². The largest absolute Gasteiger partial charge is 0.350 e. The number of hydrogen-bond donors (Lipinski definition) is 0. The Balaban J connectivity index is 1.29. The Morgan fingerprint density at radius 2 is 1.97 bits per heavy atom. The van der Waals surface area contributed by atoms with E-state index in [0.717, 1.165) is 12.2 Å². The number of benzene rings is 1. The fourth-order valence-electron chi connectivity index (χ4n) is 4.26. The first-order valence-electron chi connectivity index (χ1n) is 10.1. The zero-order valence-corrected chi connectivity index (χ0v) is 17.1. The Bertz CT molecular complexity index is 1130. The summed E-state index contributed by atoms with van der Waals surface area (Å²) in [5, 5.41) is 3.83. The summed E-state index contributed by atoms with van der Waals surface area (Å²) in [5.74, 6) is 0.221. The highest BCUT2D eigenvalue weighted by molar-refractivity contribution is 5.95. The molecule has 0 N–H and O–H groups in total. The van der Waals surface area contributed by atoms with Gasteiger partial charge in [0.15, 0.2) is 5.67 Å². The van der Waals surface area contributed by atoms with Gasteiger partial charge in [0.25, 0.3) is 11.8 Å². The number of hydrogen-bond acceptors (Lipinski definition) is 6. The molecule has 1 aromatic carbocycles. The molecule has 3 aromatic rings. The minimum Gasteiger partial charge on any atom is -0.350 e. The van der Waals surface area contributed by atoms with Crippen molar-refractivity contribution in [2.75, 3.05) is 18.0 Å². The topological polar surface area (TPSA) is 75.4 Å². The Kier molecular flexibility index (Phi) is 4.49. The fourth-order valence-corrected chi connectivity index (χ4v) is 4.26. The van der Waals surface area contributed by atoms with E-state index in [0.29, 0.717) is 18.7 Å². The first-order valence-corrected chi connectivity index (χ1v) is 10.1. The van der Waals surface area contributed by atoms with Crippen LogP contribution in [0.5, 0.6) is 0 Å². The molecule has 2 saturated heterocycles. The van der Waals surface area contributed by atoms with E-state index in [2.05, 4.69) is 20.0 Å². The summed E-state index contributed by atoms with van der Waals surface area (Å²) >= 11 is 0. The molecule has 0 spiro atoms. The van der Waals surface area contributed by atoms with Gasteiger partial charge in [-0.1, -0.05) is 17.3 Å². The number of anilines is 1. The number of rotatable bonds is 4. The van der Waals surface area contributed by atoms with Crippen LogP contribution in [0.4, 0.5) is 14.6 Å². The van der Waals surface area contributed by atoms with Crippen molar-refractivity contribution in [1.29, 1.82) is 0 Å². The molecule has 2 unspecified atom stereocenters. The maximum absolute atomic E-state index is 14.0.